The molecule has 3 aromatic heterocycles. The number of nitrogens with zero attached hydrogens (tertiary/aromatic N) is 2. The summed E-state index contributed by atoms with van der Waals surface area (Å²) in [6.45, 7) is 7.25. The molecule has 44 heavy (non-hydrogen) atoms. The number of rotatable bonds is 8. The summed E-state index contributed by atoms with van der Waals surface area (Å²) in [6, 6.07) is 13.1. The van der Waals surface area contributed by atoms with E-state index in [1.54, 1.807) is 50.4 Å². The predicted octanol–water partition coefficient (Wildman–Crippen LogP) is 4.25. The van der Waals surface area contributed by atoms with E-state index in [-0.39, 0.29) is 58.1 Å². The molecule has 1 unspecified atom stereocenters. The molecule has 2 aliphatic rings. The number of hydrogen-bond acceptors (Lipinski definition) is 7. The smallest absolute Gasteiger partial charge is 0.250 e. The summed E-state index contributed by atoms with van der Waals surface area (Å²) in [4.78, 5) is 54.9. The van der Waals surface area contributed by atoms with Gasteiger partial charge in [0, 0.05) is 48.9 Å². The lowest BCUT2D eigenvalue weighted by Gasteiger charge is -2.44. The topological polar surface area (TPSA) is 124 Å². The highest BCUT2D eigenvalue weighted by molar-refractivity contribution is 5.93. The van der Waals surface area contributed by atoms with Crippen LogP contribution in [-0.4, -0.2) is 47.5 Å². The zero-order valence-electron chi connectivity index (χ0n) is 25.4. The molecule has 5 heterocycles. The summed E-state index contributed by atoms with van der Waals surface area (Å²) in [6.07, 6.45) is 1.47. The maximum atomic E-state index is 14.0. The van der Waals surface area contributed by atoms with E-state index < -0.39 is 6.04 Å². The minimum Gasteiger partial charge on any atom is -0.497 e. The van der Waals surface area contributed by atoms with Crippen LogP contribution in [0.25, 0.3) is 22.5 Å². The molecule has 0 aliphatic carbocycles. The number of carbonyl (C=O) groups is 2. The highest BCUT2D eigenvalue weighted by atomic mass is 16.5. The highest BCUT2D eigenvalue weighted by Crippen LogP contribution is 2.36. The van der Waals surface area contributed by atoms with Crippen LogP contribution in [0.2, 0.25) is 0 Å². The Morgan fingerprint density at radius 3 is 2.55 bits per heavy atom. The zero-order valence-corrected chi connectivity index (χ0v) is 25.4. The van der Waals surface area contributed by atoms with E-state index in [2.05, 4.69) is 5.32 Å². The lowest BCUT2D eigenvalue weighted by Crippen LogP contribution is -2.56. The van der Waals surface area contributed by atoms with Crippen molar-refractivity contribution in [3.8, 4) is 17.1 Å². The summed E-state index contributed by atoms with van der Waals surface area (Å²) in [5.41, 5.74) is 1.98. The van der Waals surface area contributed by atoms with Crippen LogP contribution in [0.3, 0.4) is 0 Å². The minimum atomic E-state index is -0.736. The lowest BCUT2D eigenvalue weighted by atomic mass is 9.82. The largest absolute Gasteiger partial charge is 0.497 e. The first-order valence-electron chi connectivity index (χ1n) is 15.1. The van der Waals surface area contributed by atoms with Crippen LogP contribution in [0.15, 0.2) is 67.0 Å². The second kappa shape index (κ2) is 11.8. The normalized spacial score (nSPS) is 18.9. The summed E-state index contributed by atoms with van der Waals surface area (Å²) in [7, 11) is 1.57. The monoisotopic (exact) mass is 599 g/mol. The van der Waals surface area contributed by atoms with Crippen molar-refractivity contribution in [2.75, 3.05) is 20.2 Å². The summed E-state index contributed by atoms with van der Waals surface area (Å²) in [5, 5.41) is 3.02. The van der Waals surface area contributed by atoms with Crippen LogP contribution >= 0.6 is 0 Å². The second-order valence-electron chi connectivity index (χ2n) is 12.1. The lowest BCUT2D eigenvalue weighted by molar-refractivity contribution is -0.140. The molecule has 0 saturated carbocycles. The van der Waals surface area contributed by atoms with Crippen molar-refractivity contribution in [1.82, 2.24) is 14.8 Å². The molecule has 6 rings (SSSR count). The second-order valence-corrected chi connectivity index (χ2v) is 12.1. The third kappa shape index (κ3) is 5.44. The van der Waals surface area contributed by atoms with Crippen molar-refractivity contribution in [3.05, 3.63) is 86.1 Å². The van der Waals surface area contributed by atoms with Gasteiger partial charge in [-0.3, -0.25) is 19.2 Å². The first-order valence-corrected chi connectivity index (χ1v) is 15.1. The van der Waals surface area contributed by atoms with Crippen LogP contribution in [0, 0.1) is 18.8 Å². The van der Waals surface area contributed by atoms with Gasteiger partial charge in [0.05, 0.1) is 19.1 Å². The number of carbonyl (C=O) groups excluding carboxylic acids is 2. The summed E-state index contributed by atoms with van der Waals surface area (Å²) in [5.74, 6) is 1.04. The Balaban J connectivity index is 1.27. The average Bonchev–Trinajstić information content (AvgIpc) is 3.37. The van der Waals surface area contributed by atoms with Gasteiger partial charge < -0.3 is 28.4 Å². The SMILES string of the molecule is CCC(C)[C@H](NC(=O)Cc1c(-c2ccc(OC)cc2)oc2c(=O)cc(C)oc12)C(=O)N1C[C@H]2C[C@@H](C1)c1cccc(=O)n1C2. The summed E-state index contributed by atoms with van der Waals surface area (Å²) >= 11 is 0. The van der Waals surface area contributed by atoms with Gasteiger partial charge in [-0.2, -0.15) is 0 Å². The van der Waals surface area contributed by atoms with Gasteiger partial charge in [-0.15, -0.1) is 0 Å². The number of fused-ring (bicyclic) bond motifs is 5. The van der Waals surface area contributed by atoms with Gasteiger partial charge in [-0.05, 0) is 55.5 Å². The maximum Gasteiger partial charge on any atom is 0.250 e. The number of ether oxygens (including phenoxy) is 1. The molecule has 1 N–H and O–H groups in total. The number of nitrogens with one attached hydrogen (secondary N) is 1. The van der Waals surface area contributed by atoms with E-state index >= 15 is 0 Å². The quantitative estimate of drug-likeness (QED) is 0.321. The van der Waals surface area contributed by atoms with Gasteiger partial charge in [0.25, 0.3) is 5.56 Å². The standard InChI is InChI=1S/C34H37N3O7/c1-5-19(2)30(34(41)36-16-21-14-23(18-36)26-7-6-8-29(40)37(26)17-21)35-28(39)15-25-31(22-9-11-24(42-4)12-10-22)44-33-27(38)13-20(3)43-32(25)33/h6-13,19,21,23,30H,5,14-18H2,1-4H3,(H,35,39)/t19?,21-,23+,30+/m1/s1. The van der Waals surface area contributed by atoms with Crippen molar-refractivity contribution >= 4 is 23.0 Å². The molecule has 1 saturated heterocycles. The number of furan rings is 1. The van der Waals surface area contributed by atoms with E-state index in [1.165, 1.54) is 6.07 Å². The molecule has 4 aromatic rings. The van der Waals surface area contributed by atoms with E-state index in [1.807, 2.05) is 29.4 Å². The maximum absolute atomic E-state index is 14.0. The molecule has 4 atom stereocenters. The van der Waals surface area contributed by atoms with E-state index in [0.717, 1.165) is 12.1 Å². The molecule has 10 heteroatoms. The van der Waals surface area contributed by atoms with E-state index in [9.17, 15) is 19.2 Å². The molecule has 0 radical (unpaired) electrons. The molecule has 2 amide bonds. The minimum absolute atomic E-state index is 0.00599. The van der Waals surface area contributed by atoms with Crippen molar-refractivity contribution in [2.24, 2.45) is 11.8 Å². The van der Waals surface area contributed by atoms with Gasteiger partial charge in [0.1, 0.15) is 23.3 Å². The van der Waals surface area contributed by atoms with Gasteiger partial charge in [-0.1, -0.05) is 26.3 Å². The molecule has 2 bridgehead atoms. The number of piperidine rings is 1. The first-order chi connectivity index (χ1) is 21.2. The van der Waals surface area contributed by atoms with E-state index in [0.29, 0.717) is 54.5 Å². The number of methoxy groups -OCH3 is 1. The van der Waals surface area contributed by atoms with Crippen LogP contribution in [0.5, 0.6) is 5.75 Å². The third-order valence-electron chi connectivity index (χ3n) is 9.06. The Labute approximate surface area is 254 Å². The predicted molar refractivity (Wildman–Crippen MR) is 165 cm³/mol. The number of benzene rings is 1. The molecule has 1 fully saturated rings. The third-order valence-corrected chi connectivity index (χ3v) is 9.06. The number of hydrogen-bond donors (Lipinski definition) is 1. The zero-order chi connectivity index (χ0) is 31.1. The number of likely N-dealkylation sites (tertiary alicyclic amines) is 1. The number of amides is 2. The molecule has 230 valence electrons. The molecular weight excluding hydrogens is 562 g/mol. The van der Waals surface area contributed by atoms with Crippen molar-refractivity contribution in [3.63, 3.8) is 0 Å². The number of aryl methyl sites for hydroxylation is 1. The first kappa shape index (κ1) is 29.5. The Hall–Kier alpha value is -4.60. The Kier molecular flexibility index (Phi) is 7.92. The van der Waals surface area contributed by atoms with Crippen LogP contribution in [0.4, 0.5) is 0 Å². The van der Waals surface area contributed by atoms with Crippen molar-refractivity contribution in [2.45, 2.75) is 58.5 Å². The van der Waals surface area contributed by atoms with Crippen LogP contribution in [-0.2, 0) is 22.6 Å². The van der Waals surface area contributed by atoms with Gasteiger partial charge >= 0.3 is 0 Å². The Morgan fingerprint density at radius 1 is 1.05 bits per heavy atom. The van der Waals surface area contributed by atoms with Crippen molar-refractivity contribution in [1.29, 1.82) is 0 Å². The van der Waals surface area contributed by atoms with Gasteiger partial charge in [-0.25, -0.2) is 0 Å². The van der Waals surface area contributed by atoms with E-state index in [4.69, 9.17) is 13.6 Å². The Morgan fingerprint density at radius 2 is 1.82 bits per heavy atom. The van der Waals surface area contributed by atoms with Crippen LogP contribution in [0.1, 0.15) is 49.6 Å². The van der Waals surface area contributed by atoms with Crippen molar-refractivity contribution < 1.29 is 23.2 Å². The molecular formula is C34H37N3O7. The fraction of sp³-hybridized carbons (Fsp3) is 0.412. The highest BCUT2D eigenvalue weighted by Gasteiger charge is 2.39. The molecule has 1 aromatic carbocycles. The van der Waals surface area contributed by atoms with Crippen LogP contribution < -0.4 is 21.0 Å². The molecule has 0 spiro atoms. The molecule has 10 nitrogen and oxygen atoms in total. The van der Waals surface area contributed by atoms with Gasteiger partial charge in [0.2, 0.25) is 22.8 Å². The molecule has 2 aliphatic heterocycles. The fourth-order valence-electron chi connectivity index (χ4n) is 6.64. The number of aromatic nitrogens is 1. The summed E-state index contributed by atoms with van der Waals surface area (Å²) < 4.78 is 19.0. The number of pyridine rings is 1. The Bertz CT molecular complexity index is 1830. The average molecular weight is 600 g/mol. The fourth-order valence-corrected chi connectivity index (χ4v) is 6.64. The van der Waals surface area contributed by atoms with Gasteiger partial charge in [0.15, 0.2) is 5.58 Å².